The average Bonchev–Trinajstić information content (AvgIpc) is 3.68. The first kappa shape index (κ1) is 33.3. The van der Waals surface area contributed by atoms with Crippen molar-refractivity contribution in [2.45, 2.75) is 12.3 Å². The summed E-state index contributed by atoms with van der Waals surface area (Å²) in [6.07, 6.45) is 9.41. The van der Waals surface area contributed by atoms with E-state index >= 15 is 0 Å². The molecule has 4 nitrogen and oxygen atoms in total. The van der Waals surface area contributed by atoms with Crippen molar-refractivity contribution in [3.8, 4) is 44.8 Å². The van der Waals surface area contributed by atoms with E-state index in [0.717, 1.165) is 73.8 Å². The van der Waals surface area contributed by atoms with Gasteiger partial charge < -0.3 is 9.32 Å². The van der Waals surface area contributed by atoms with Gasteiger partial charge in [0.2, 0.25) is 0 Å². The molecule has 0 saturated heterocycles. The minimum atomic E-state index is 0.0843. The molecule has 1 atom stereocenters. The Morgan fingerprint density at radius 2 is 1.05 bits per heavy atom. The van der Waals surface area contributed by atoms with E-state index in [4.69, 9.17) is 14.4 Å². The first-order valence-electron chi connectivity index (χ1n) is 19.1. The lowest BCUT2D eigenvalue weighted by atomic mass is 9.98. The molecule has 0 bridgehead atoms. The molecular weight excluding hydrogens is 683 g/mol. The van der Waals surface area contributed by atoms with Crippen molar-refractivity contribution < 1.29 is 4.42 Å². The smallest absolute Gasteiger partial charge is 0.146 e. The Labute approximate surface area is 326 Å². The molecular formula is C52H37N3O. The number of anilines is 3. The van der Waals surface area contributed by atoms with Crippen molar-refractivity contribution in [1.29, 1.82) is 0 Å². The van der Waals surface area contributed by atoms with Crippen LogP contribution in [0.5, 0.6) is 0 Å². The number of hydrogen-bond donors (Lipinski definition) is 0. The highest BCUT2D eigenvalue weighted by molar-refractivity contribution is 6.17. The largest absolute Gasteiger partial charge is 0.455 e. The Bertz CT molecular complexity index is 2780. The number of benzene rings is 7. The fourth-order valence-electron chi connectivity index (χ4n) is 7.79. The number of rotatable bonds is 8. The number of aromatic nitrogens is 2. The van der Waals surface area contributed by atoms with E-state index in [0.29, 0.717) is 0 Å². The molecule has 1 aliphatic carbocycles. The van der Waals surface area contributed by atoms with E-state index in [9.17, 15) is 0 Å². The second-order valence-electron chi connectivity index (χ2n) is 14.1. The van der Waals surface area contributed by atoms with E-state index in [1.807, 2.05) is 12.1 Å². The standard InChI is InChI=1S/C52H37N3O/c1-5-15-36(16-6-1)38-25-29-42(30-26-38)55(43-31-27-39(28-32-43)37-17-7-2-8-18-37)48-34-33-44(51-50(48)45-23-13-14-24-49(45)56-51)47-35-46(40-19-9-3-10-20-40)53-52(54-47)41-21-11-4-12-22-41/h1-21,23-35,41H,22H2. The number of fused-ring (bicyclic) bond motifs is 3. The van der Waals surface area contributed by atoms with Crippen molar-refractivity contribution in [2.75, 3.05) is 4.90 Å². The second kappa shape index (κ2) is 14.5. The van der Waals surface area contributed by atoms with Gasteiger partial charge in [-0.2, -0.15) is 0 Å². The lowest BCUT2D eigenvalue weighted by Crippen LogP contribution is -2.10. The molecule has 1 unspecified atom stereocenters. The fraction of sp³-hybridized carbons (Fsp3) is 0.0385. The number of furan rings is 1. The molecule has 0 spiro atoms. The van der Waals surface area contributed by atoms with Crippen LogP contribution in [0.2, 0.25) is 0 Å². The Morgan fingerprint density at radius 3 is 1.66 bits per heavy atom. The van der Waals surface area contributed by atoms with Crippen LogP contribution in [0, 0.1) is 0 Å². The third-order valence-corrected chi connectivity index (χ3v) is 10.6. The van der Waals surface area contributed by atoms with Crippen molar-refractivity contribution >= 4 is 39.0 Å². The van der Waals surface area contributed by atoms with Crippen LogP contribution >= 0.6 is 0 Å². The predicted molar refractivity (Wildman–Crippen MR) is 231 cm³/mol. The summed E-state index contributed by atoms with van der Waals surface area (Å²) in [5, 5.41) is 2.07. The van der Waals surface area contributed by atoms with Crippen molar-refractivity contribution in [3.05, 3.63) is 212 Å². The molecule has 4 heteroatoms. The molecule has 2 aromatic heterocycles. The molecule has 0 saturated carbocycles. The summed E-state index contributed by atoms with van der Waals surface area (Å²) in [4.78, 5) is 12.7. The summed E-state index contributed by atoms with van der Waals surface area (Å²) >= 11 is 0. The molecule has 0 fully saturated rings. The maximum absolute atomic E-state index is 6.87. The van der Waals surface area contributed by atoms with Crippen LogP contribution in [0.15, 0.2) is 211 Å². The normalized spacial score (nSPS) is 13.7. The highest BCUT2D eigenvalue weighted by Gasteiger charge is 2.24. The van der Waals surface area contributed by atoms with Gasteiger partial charge in [0.1, 0.15) is 17.0 Å². The molecule has 2 heterocycles. The van der Waals surface area contributed by atoms with Crippen LogP contribution in [0.4, 0.5) is 17.1 Å². The average molecular weight is 720 g/mol. The van der Waals surface area contributed by atoms with Crippen molar-refractivity contribution in [3.63, 3.8) is 0 Å². The Kier molecular flexibility index (Phi) is 8.62. The molecule has 9 aromatic rings. The number of hydrogen-bond acceptors (Lipinski definition) is 4. The highest BCUT2D eigenvalue weighted by atomic mass is 16.3. The third kappa shape index (κ3) is 6.27. The molecule has 56 heavy (non-hydrogen) atoms. The van der Waals surface area contributed by atoms with Crippen LogP contribution < -0.4 is 4.90 Å². The Morgan fingerprint density at radius 1 is 0.500 bits per heavy atom. The molecule has 0 N–H and O–H groups in total. The van der Waals surface area contributed by atoms with E-state index in [1.54, 1.807) is 0 Å². The Hall–Kier alpha value is -7.30. The monoisotopic (exact) mass is 719 g/mol. The summed E-state index contributed by atoms with van der Waals surface area (Å²) in [6.45, 7) is 0. The summed E-state index contributed by atoms with van der Waals surface area (Å²) < 4.78 is 6.87. The van der Waals surface area contributed by atoms with Gasteiger partial charge in [-0.25, -0.2) is 9.97 Å². The predicted octanol–water partition coefficient (Wildman–Crippen LogP) is 14.1. The van der Waals surface area contributed by atoms with Gasteiger partial charge >= 0.3 is 0 Å². The van der Waals surface area contributed by atoms with Gasteiger partial charge in [0.15, 0.2) is 0 Å². The van der Waals surface area contributed by atoms with Crippen molar-refractivity contribution in [2.24, 2.45) is 0 Å². The summed E-state index contributed by atoms with van der Waals surface area (Å²) in [7, 11) is 0. The van der Waals surface area contributed by atoms with Gasteiger partial charge in [0.25, 0.3) is 0 Å². The zero-order chi connectivity index (χ0) is 37.3. The van der Waals surface area contributed by atoms with Crippen LogP contribution in [0.25, 0.3) is 66.7 Å². The SMILES string of the molecule is C1=CCC(c2nc(-c3ccccc3)cc(-c3ccc(N(c4ccc(-c5ccccc5)cc4)c4ccc(-c5ccccc5)cc4)c4c3oc3ccccc34)n2)C=C1. The van der Waals surface area contributed by atoms with Gasteiger partial charge in [-0.05, 0) is 77.2 Å². The van der Waals surface area contributed by atoms with E-state index in [1.165, 1.54) is 22.3 Å². The van der Waals surface area contributed by atoms with Crippen LogP contribution in [0.3, 0.4) is 0 Å². The Balaban J connectivity index is 1.18. The van der Waals surface area contributed by atoms with Gasteiger partial charge in [-0.1, -0.05) is 158 Å². The van der Waals surface area contributed by atoms with Crippen LogP contribution in [-0.2, 0) is 0 Å². The molecule has 266 valence electrons. The van der Waals surface area contributed by atoms with E-state index < -0.39 is 0 Å². The summed E-state index contributed by atoms with van der Waals surface area (Å²) in [5.41, 5.74) is 13.1. The zero-order valence-corrected chi connectivity index (χ0v) is 30.7. The number of nitrogens with zero attached hydrogens (tertiary/aromatic N) is 3. The topological polar surface area (TPSA) is 42.2 Å². The molecule has 1 aliphatic rings. The van der Waals surface area contributed by atoms with Gasteiger partial charge in [-0.3, -0.25) is 0 Å². The van der Waals surface area contributed by atoms with Gasteiger partial charge in [0.05, 0.1) is 22.5 Å². The number of allylic oxidation sites excluding steroid dienone is 4. The van der Waals surface area contributed by atoms with E-state index in [-0.39, 0.29) is 5.92 Å². The lowest BCUT2D eigenvalue weighted by molar-refractivity contribution is 0.669. The number of para-hydroxylation sites is 1. The van der Waals surface area contributed by atoms with Crippen LogP contribution in [0.1, 0.15) is 18.2 Å². The minimum Gasteiger partial charge on any atom is -0.455 e. The second-order valence-corrected chi connectivity index (χ2v) is 14.1. The first-order valence-corrected chi connectivity index (χ1v) is 19.1. The summed E-state index contributed by atoms with van der Waals surface area (Å²) in [5.74, 6) is 0.884. The quantitative estimate of drug-likeness (QED) is 0.157. The summed E-state index contributed by atoms with van der Waals surface area (Å²) in [6, 6.07) is 63.9. The zero-order valence-electron chi connectivity index (χ0n) is 30.7. The highest BCUT2D eigenvalue weighted by Crippen LogP contribution is 2.46. The molecule has 0 amide bonds. The molecule has 0 aliphatic heterocycles. The maximum atomic E-state index is 6.87. The maximum Gasteiger partial charge on any atom is 0.146 e. The van der Waals surface area contributed by atoms with Gasteiger partial charge in [0, 0.05) is 33.8 Å². The third-order valence-electron chi connectivity index (χ3n) is 10.6. The van der Waals surface area contributed by atoms with Crippen molar-refractivity contribution in [1.82, 2.24) is 9.97 Å². The van der Waals surface area contributed by atoms with Crippen LogP contribution in [-0.4, -0.2) is 9.97 Å². The lowest BCUT2D eigenvalue weighted by Gasteiger charge is -2.27. The minimum absolute atomic E-state index is 0.0843. The first-order chi connectivity index (χ1) is 27.8. The molecule has 0 radical (unpaired) electrons. The molecule has 10 rings (SSSR count). The van der Waals surface area contributed by atoms with E-state index in [2.05, 4.69) is 199 Å². The molecule has 7 aromatic carbocycles. The fourth-order valence-corrected chi connectivity index (χ4v) is 7.79. The van der Waals surface area contributed by atoms with Gasteiger partial charge in [-0.15, -0.1) is 0 Å².